The second kappa shape index (κ2) is 3.65. The van der Waals surface area contributed by atoms with E-state index in [0.717, 1.165) is 23.4 Å². The average molecular weight is 259 g/mol. The van der Waals surface area contributed by atoms with E-state index in [-0.39, 0.29) is 16.7 Å². The van der Waals surface area contributed by atoms with Gasteiger partial charge in [-0.2, -0.15) is 0 Å². The van der Waals surface area contributed by atoms with Gasteiger partial charge in [-0.05, 0) is 63.2 Å². The molecule has 0 saturated heterocycles. The first-order valence-corrected chi connectivity index (χ1v) is 7.49. The van der Waals surface area contributed by atoms with Crippen LogP contribution in [-0.2, 0) is 5.54 Å². The summed E-state index contributed by atoms with van der Waals surface area (Å²) >= 11 is 0. The minimum absolute atomic E-state index is 0.0572. The smallest absolute Gasteiger partial charge is 0.223 e. The fourth-order valence-electron chi connectivity index (χ4n) is 5.50. The van der Waals surface area contributed by atoms with Crippen LogP contribution >= 0.6 is 0 Å². The van der Waals surface area contributed by atoms with E-state index in [9.17, 15) is 9.90 Å². The Labute approximate surface area is 113 Å². The minimum atomic E-state index is -0.251. The van der Waals surface area contributed by atoms with Crippen molar-refractivity contribution in [3.05, 3.63) is 28.2 Å². The Balaban J connectivity index is 1.84. The van der Waals surface area contributed by atoms with E-state index in [2.05, 4.69) is 4.57 Å². The van der Waals surface area contributed by atoms with Crippen LogP contribution < -0.4 is 5.43 Å². The Morgan fingerprint density at radius 2 is 1.68 bits per heavy atom. The van der Waals surface area contributed by atoms with Crippen LogP contribution in [0.4, 0.5) is 0 Å². The van der Waals surface area contributed by atoms with E-state index in [1.807, 2.05) is 13.1 Å². The molecule has 3 heteroatoms. The standard InChI is InChI=1S/C16H21NO2/c1-10-15(19)14(18)2-3-17(10)16-7-11-4-12(8-16)6-13(5-11)9-16/h2-3,11-13,19H,4-9H2,1H3. The van der Waals surface area contributed by atoms with Crippen molar-refractivity contribution in [2.24, 2.45) is 17.8 Å². The van der Waals surface area contributed by atoms with Gasteiger partial charge in [0.1, 0.15) is 0 Å². The predicted molar refractivity (Wildman–Crippen MR) is 73.2 cm³/mol. The highest BCUT2D eigenvalue weighted by atomic mass is 16.3. The summed E-state index contributed by atoms with van der Waals surface area (Å²) < 4.78 is 2.23. The predicted octanol–water partition coefficient (Wildman–Crippen LogP) is 2.79. The molecule has 1 aromatic rings. The van der Waals surface area contributed by atoms with E-state index in [1.165, 1.54) is 44.6 Å². The van der Waals surface area contributed by atoms with Crippen LogP contribution in [0.3, 0.4) is 0 Å². The summed E-state index contributed by atoms with van der Waals surface area (Å²) in [6, 6.07) is 1.53. The zero-order chi connectivity index (χ0) is 13.2. The van der Waals surface area contributed by atoms with E-state index in [0.29, 0.717) is 0 Å². The number of aromatic nitrogens is 1. The van der Waals surface area contributed by atoms with E-state index >= 15 is 0 Å². The van der Waals surface area contributed by atoms with Gasteiger partial charge in [0.05, 0.1) is 5.69 Å². The normalized spacial score (nSPS) is 39.7. The maximum absolute atomic E-state index is 11.6. The van der Waals surface area contributed by atoms with Gasteiger partial charge in [-0.15, -0.1) is 0 Å². The Hall–Kier alpha value is -1.25. The summed E-state index contributed by atoms with van der Waals surface area (Å²) in [6.45, 7) is 1.88. The fourth-order valence-corrected chi connectivity index (χ4v) is 5.50. The maximum Gasteiger partial charge on any atom is 0.223 e. The zero-order valence-corrected chi connectivity index (χ0v) is 11.4. The van der Waals surface area contributed by atoms with Gasteiger partial charge in [0.25, 0.3) is 0 Å². The van der Waals surface area contributed by atoms with E-state index < -0.39 is 0 Å². The van der Waals surface area contributed by atoms with Gasteiger partial charge in [-0.3, -0.25) is 4.79 Å². The Morgan fingerprint density at radius 3 is 2.21 bits per heavy atom. The molecule has 1 aromatic heterocycles. The first-order chi connectivity index (χ1) is 9.07. The van der Waals surface area contributed by atoms with Gasteiger partial charge in [-0.25, -0.2) is 0 Å². The molecule has 0 unspecified atom stereocenters. The van der Waals surface area contributed by atoms with Crippen molar-refractivity contribution in [1.29, 1.82) is 0 Å². The first kappa shape index (κ1) is 11.6. The summed E-state index contributed by atoms with van der Waals surface area (Å²) in [5, 5.41) is 9.96. The van der Waals surface area contributed by atoms with Crippen LogP contribution in [-0.4, -0.2) is 9.67 Å². The lowest BCUT2D eigenvalue weighted by Crippen LogP contribution is -2.52. The summed E-state index contributed by atoms with van der Waals surface area (Å²) in [6.07, 6.45) is 9.86. The second-order valence-corrected chi connectivity index (χ2v) is 7.13. The van der Waals surface area contributed by atoms with Crippen molar-refractivity contribution < 1.29 is 5.11 Å². The molecular formula is C16H21NO2. The average Bonchev–Trinajstić information content (AvgIpc) is 2.34. The Morgan fingerprint density at radius 1 is 1.16 bits per heavy atom. The molecule has 4 fully saturated rings. The number of rotatable bonds is 1. The Kier molecular flexibility index (Phi) is 2.22. The largest absolute Gasteiger partial charge is 0.503 e. The molecule has 4 aliphatic carbocycles. The van der Waals surface area contributed by atoms with Crippen LogP contribution in [0.5, 0.6) is 5.75 Å². The maximum atomic E-state index is 11.6. The highest BCUT2D eigenvalue weighted by Crippen LogP contribution is 2.59. The minimum Gasteiger partial charge on any atom is -0.503 e. The molecule has 5 rings (SSSR count). The number of aromatic hydroxyl groups is 1. The molecule has 4 saturated carbocycles. The molecule has 0 spiro atoms. The lowest BCUT2D eigenvalue weighted by molar-refractivity contribution is -0.0445. The number of pyridine rings is 1. The molecule has 1 N–H and O–H groups in total. The van der Waals surface area contributed by atoms with Crippen molar-refractivity contribution in [3.8, 4) is 5.75 Å². The van der Waals surface area contributed by atoms with Crippen LogP contribution in [0.25, 0.3) is 0 Å². The van der Waals surface area contributed by atoms with Crippen molar-refractivity contribution in [3.63, 3.8) is 0 Å². The quantitative estimate of drug-likeness (QED) is 0.842. The fraction of sp³-hybridized carbons (Fsp3) is 0.688. The van der Waals surface area contributed by atoms with Gasteiger partial charge >= 0.3 is 0 Å². The third-order valence-electron chi connectivity index (χ3n) is 5.83. The summed E-state index contributed by atoms with van der Waals surface area (Å²) in [5.41, 5.74) is 0.692. The van der Waals surface area contributed by atoms with Gasteiger partial charge in [0.2, 0.25) is 5.43 Å². The molecule has 0 aliphatic heterocycles. The highest BCUT2D eigenvalue weighted by Gasteiger charge is 2.52. The molecule has 19 heavy (non-hydrogen) atoms. The van der Waals surface area contributed by atoms with Crippen LogP contribution in [0, 0.1) is 24.7 Å². The number of hydrogen-bond acceptors (Lipinski definition) is 2. The van der Waals surface area contributed by atoms with Gasteiger partial charge < -0.3 is 9.67 Å². The highest BCUT2D eigenvalue weighted by molar-refractivity contribution is 5.27. The van der Waals surface area contributed by atoms with Crippen molar-refractivity contribution >= 4 is 0 Å². The first-order valence-electron chi connectivity index (χ1n) is 7.49. The van der Waals surface area contributed by atoms with Gasteiger partial charge in [0, 0.05) is 17.8 Å². The molecule has 0 atom stereocenters. The Bertz CT molecular complexity index is 552. The second-order valence-electron chi connectivity index (χ2n) is 7.13. The third kappa shape index (κ3) is 1.53. The molecule has 4 bridgehead atoms. The van der Waals surface area contributed by atoms with E-state index in [1.54, 1.807) is 0 Å². The van der Waals surface area contributed by atoms with Crippen molar-refractivity contribution in [2.75, 3.05) is 0 Å². The number of nitrogens with zero attached hydrogens (tertiary/aromatic N) is 1. The van der Waals surface area contributed by atoms with Gasteiger partial charge in [0.15, 0.2) is 5.75 Å². The summed E-state index contributed by atoms with van der Waals surface area (Å²) in [5.74, 6) is 2.55. The molecule has 0 aromatic carbocycles. The molecule has 3 nitrogen and oxygen atoms in total. The zero-order valence-electron chi connectivity index (χ0n) is 11.4. The molecule has 4 aliphatic rings. The topological polar surface area (TPSA) is 42.2 Å². The third-order valence-corrected chi connectivity index (χ3v) is 5.83. The van der Waals surface area contributed by atoms with Crippen molar-refractivity contribution in [1.82, 2.24) is 4.57 Å². The molecule has 102 valence electrons. The summed E-state index contributed by atoms with van der Waals surface area (Å²) in [7, 11) is 0. The van der Waals surface area contributed by atoms with Crippen LogP contribution in [0.15, 0.2) is 17.1 Å². The lowest BCUT2D eigenvalue weighted by Gasteiger charge is -2.58. The molecule has 0 amide bonds. The van der Waals surface area contributed by atoms with Crippen molar-refractivity contribution in [2.45, 2.75) is 51.0 Å². The monoisotopic (exact) mass is 259 g/mol. The molecule has 1 heterocycles. The van der Waals surface area contributed by atoms with E-state index in [4.69, 9.17) is 0 Å². The van der Waals surface area contributed by atoms with Crippen LogP contribution in [0.1, 0.15) is 44.2 Å². The van der Waals surface area contributed by atoms with Crippen LogP contribution in [0.2, 0.25) is 0 Å². The summed E-state index contributed by atoms with van der Waals surface area (Å²) in [4.78, 5) is 11.6. The molecular weight excluding hydrogens is 238 g/mol. The SMILES string of the molecule is Cc1c(O)c(=O)ccn1C12CC3CC(CC(C3)C1)C2. The molecule has 0 radical (unpaired) electrons. The lowest BCUT2D eigenvalue weighted by atomic mass is 9.53. The number of hydrogen-bond donors (Lipinski definition) is 1. The van der Waals surface area contributed by atoms with Gasteiger partial charge in [-0.1, -0.05) is 0 Å².